The molecule has 0 aliphatic carbocycles. The van der Waals surface area contributed by atoms with Crippen molar-refractivity contribution < 1.29 is 18.8 Å². The number of unbranched alkanes of at least 4 members (excludes halogenated alkanes) is 1. The Morgan fingerprint density at radius 2 is 1.79 bits per heavy atom. The third kappa shape index (κ3) is 4.29. The molecule has 152 valence electrons. The van der Waals surface area contributed by atoms with Crippen LogP contribution in [-0.2, 0) is 21.7 Å². The Labute approximate surface area is 169 Å². The normalized spacial score (nSPS) is 18.6. The van der Waals surface area contributed by atoms with Crippen molar-refractivity contribution in [1.29, 1.82) is 0 Å². The van der Waals surface area contributed by atoms with Crippen LogP contribution in [0.15, 0.2) is 54.6 Å². The molecule has 4 amide bonds. The molecule has 2 N–H and O–H groups in total. The molecule has 0 bridgehead atoms. The maximum absolute atomic E-state index is 13.7. The van der Waals surface area contributed by atoms with E-state index in [1.807, 2.05) is 25.1 Å². The van der Waals surface area contributed by atoms with E-state index in [2.05, 4.69) is 10.6 Å². The SMILES string of the molecule is CCCCC1(c2ccccc2)NC(=O)N(CC(=O)NCc2ccccc2F)C1=O. The van der Waals surface area contributed by atoms with Gasteiger partial charge in [-0.3, -0.25) is 14.5 Å². The molecule has 1 atom stereocenters. The Balaban J connectivity index is 1.73. The molecule has 2 aromatic carbocycles. The first-order chi connectivity index (χ1) is 14.0. The fraction of sp³-hybridized carbons (Fsp3) is 0.318. The van der Waals surface area contributed by atoms with Gasteiger partial charge < -0.3 is 10.6 Å². The second kappa shape index (κ2) is 8.86. The summed E-state index contributed by atoms with van der Waals surface area (Å²) in [5, 5.41) is 5.37. The lowest BCUT2D eigenvalue weighted by Gasteiger charge is -2.27. The number of urea groups is 1. The topological polar surface area (TPSA) is 78.5 Å². The zero-order chi connectivity index (χ0) is 20.9. The summed E-state index contributed by atoms with van der Waals surface area (Å²) in [5.41, 5.74) is -0.138. The third-order valence-electron chi connectivity index (χ3n) is 5.08. The van der Waals surface area contributed by atoms with Crippen molar-refractivity contribution in [1.82, 2.24) is 15.5 Å². The Bertz CT molecular complexity index is 903. The van der Waals surface area contributed by atoms with E-state index in [4.69, 9.17) is 0 Å². The monoisotopic (exact) mass is 397 g/mol. The van der Waals surface area contributed by atoms with E-state index in [-0.39, 0.29) is 6.54 Å². The molecule has 1 heterocycles. The van der Waals surface area contributed by atoms with Gasteiger partial charge in [-0.1, -0.05) is 68.3 Å². The van der Waals surface area contributed by atoms with Crippen LogP contribution in [0.25, 0.3) is 0 Å². The van der Waals surface area contributed by atoms with Crippen LogP contribution in [0, 0.1) is 5.82 Å². The van der Waals surface area contributed by atoms with E-state index in [1.165, 1.54) is 6.07 Å². The lowest BCUT2D eigenvalue weighted by atomic mass is 9.85. The second-order valence-electron chi connectivity index (χ2n) is 7.06. The molecule has 2 aromatic rings. The molecule has 1 aliphatic rings. The van der Waals surface area contributed by atoms with Gasteiger partial charge in [-0.2, -0.15) is 0 Å². The van der Waals surface area contributed by atoms with E-state index < -0.39 is 35.7 Å². The molecule has 1 fully saturated rings. The van der Waals surface area contributed by atoms with E-state index >= 15 is 0 Å². The number of nitrogens with zero attached hydrogens (tertiary/aromatic N) is 1. The van der Waals surface area contributed by atoms with Gasteiger partial charge in [0.2, 0.25) is 5.91 Å². The molecular formula is C22H24FN3O3. The first-order valence-electron chi connectivity index (χ1n) is 9.67. The number of hydrogen-bond donors (Lipinski definition) is 2. The quantitative estimate of drug-likeness (QED) is 0.672. The predicted molar refractivity (Wildman–Crippen MR) is 106 cm³/mol. The highest BCUT2D eigenvalue weighted by atomic mass is 19.1. The number of carbonyl (C=O) groups excluding carboxylic acids is 3. The highest BCUT2D eigenvalue weighted by molar-refractivity contribution is 6.09. The zero-order valence-corrected chi connectivity index (χ0v) is 16.3. The number of imide groups is 1. The summed E-state index contributed by atoms with van der Waals surface area (Å²) in [6, 6.07) is 14.6. The Kier molecular flexibility index (Phi) is 6.26. The molecule has 0 radical (unpaired) electrons. The van der Waals surface area contributed by atoms with E-state index in [0.717, 1.165) is 17.7 Å². The zero-order valence-electron chi connectivity index (χ0n) is 16.3. The predicted octanol–water partition coefficient (Wildman–Crippen LogP) is 3.08. The maximum Gasteiger partial charge on any atom is 0.325 e. The third-order valence-corrected chi connectivity index (χ3v) is 5.08. The van der Waals surface area contributed by atoms with Gasteiger partial charge in [0.05, 0.1) is 0 Å². The number of halogens is 1. The lowest BCUT2D eigenvalue weighted by Crippen LogP contribution is -2.45. The van der Waals surface area contributed by atoms with Crippen LogP contribution in [0.3, 0.4) is 0 Å². The van der Waals surface area contributed by atoms with Crippen LogP contribution in [0.5, 0.6) is 0 Å². The molecular weight excluding hydrogens is 373 g/mol. The van der Waals surface area contributed by atoms with Crippen LogP contribution in [0.4, 0.5) is 9.18 Å². The average Bonchev–Trinajstić information content (AvgIpc) is 2.97. The van der Waals surface area contributed by atoms with E-state index in [0.29, 0.717) is 17.5 Å². The summed E-state index contributed by atoms with van der Waals surface area (Å²) in [6.07, 6.45) is 2.06. The first kappa shape index (κ1) is 20.5. The number of carbonyl (C=O) groups is 3. The van der Waals surface area contributed by atoms with Crippen molar-refractivity contribution in [2.75, 3.05) is 6.54 Å². The molecule has 7 heteroatoms. The van der Waals surface area contributed by atoms with Gasteiger partial charge >= 0.3 is 6.03 Å². The van der Waals surface area contributed by atoms with Crippen LogP contribution in [-0.4, -0.2) is 29.3 Å². The Morgan fingerprint density at radius 3 is 2.48 bits per heavy atom. The van der Waals surface area contributed by atoms with Crippen LogP contribution in [0.2, 0.25) is 0 Å². The van der Waals surface area contributed by atoms with Gasteiger partial charge in [-0.05, 0) is 18.1 Å². The maximum atomic E-state index is 13.7. The molecule has 1 saturated heterocycles. The highest BCUT2D eigenvalue weighted by Gasteiger charge is 2.52. The average molecular weight is 397 g/mol. The molecule has 6 nitrogen and oxygen atoms in total. The van der Waals surface area contributed by atoms with Gasteiger partial charge in [-0.15, -0.1) is 0 Å². The summed E-state index contributed by atoms with van der Waals surface area (Å²) in [7, 11) is 0. The van der Waals surface area contributed by atoms with Crippen LogP contribution in [0.1, 0.15) is 37.3 Å². The number of nitrogens with one attached hydrogen (secondary N) is 2. The number of rotatable bonds is 8. The Morgan fingerprint density at radius 1 is 1.10 bits per heavy atom. The van der Waals surface area contributed by atoms with E-state index in [9.17, 15) is 18.8 Å². The summed E-state index contributed by atoms with van der Waals surface area (Å²) in [6.45, 7) is 1.57. The minimum atomic E-state index is -1.17. The van der Waals surface area contributed by atoms with Crippen LogP contribution < -0.4 is 10.6 Å². The van der Waals surface area contributed by atoms with Crippen molar-refractivity contribution in [3.05, 3.63) is 71.5 Å². The minimum Gasteiger partial charge on any atom is -0.350 e. The standard InChI is InChI=1S/C22H24FN3O3/c1-2-3-13-22(17-10-5-4-6-11-17)20(28)26(21(29)25-22)15-19(27)24-14-16-9-7-8-12-18(16)23/h4-12H,2-3,13-15H2,1H3,(H,24,27)(H,25,29). The fourth-order valence-electron chi connectivity index (χ4n) is 3.48. The number of benzene rings is 2. The van der Waals surface area contributed by atoms with E-state index in [1.54, 1.807) is 30.3 Å². The van der Waals surface area contributed by atoms with Gasteiger partial charge in [0.15, 0.2) is 0 Å². The smallest absolute Gasteiger partial charge is 0.325 e. The molecule has 0 saturated carbocycles. The molecule has 0 spiro atoms. The van der Waals surface area contributed by atoms with Crippen LogP contribution >= 0.6 is 0 Å². The Hall–Kier alpha value is -3.22. The van der Waals surface area contributed by atoms with Gasteiger partial charge in [0.1, 0.15) is 17.9 Å². The van der Waals surface area contributed by atoms with Crippen molar-refractivity contribution >= 4 is 17.8 Å². The summed E-state index contributed by atoms with van der Waals surface area (Å²) in [5.74, 6) is -1.40. The highest BCUT2D eigenvalue weighted by Crippen LogP contribution is 2.34. The number of amides is 4. The second-order valence-corrected chi connectivity index (χ2v) is 7.06. The first-order valence-corrected chi connectivity index (χ1v) is 9.67. The molecule has 1 unspecified atom stereocenters. The van der Waals surface area contributed by atoms with Gasteiger partial charge in [0.25, 0.3) is 5.91 Å². The summed E-state index contributed by atoms with van der Waals surface area (Å²) >= 11 is 0. The van der Waals surface area contributed by atoms with Gasteiger partial charge in [-0.25, -0.2) is 9.18 Å². The number of hydrogen-bond acceptors (Lipinski definition) is 3. The van der Waals surface area contributed by atoms with Crippen molar-refractivity contribution in [3.63, 3.8) is 0 Å². The molecule has 0 aromatic heterocycles. The largest absolute Gasteiger partial charge is 0.350 e. The van der Waals surface area contributed by atoms with Crippen molar-refractivity contribution in [2.24, 2.45) is 0 Å². The van der Waals surface area contributed by atoms with Crippen molar-refractivity contribution in [3.8, 4) is 0 Å². The van der Waals surface area contributed by atoms with Crippen molar-refractivity contribution in [2.45, 2.75) is 38.3 Å². The molecule has 29 heavy (non-hydrogen) atoms. The fourth-order valence-corrected chi connectivity index (χ4v) is 3.48. The molecule has 3 rings (SSSR count). The molecule has 1 aliphatic heterocycles. The van der Waals surface area contributed by atoms with Gasteiger partial charge in [0, 0.05) is 12.1 Å². The summed E-state index contributed by atoms with van der Waals surface area (Å²) in [4.78, 5) is 39.0. The minimum absolute atomic E-state index is 0.0190. The summed E-state index contributed by atoms with van der Waals surface area (Å²) < 4.78 is 13.7. The lowest BCUT2D eigenvalue weighted by molar-refractivity contribution is -0.135.